The number of aromatic nitrogens is 2. The molecule has 0 atom stereocenters. The van der Waals surface area contributed by atoms with Gasteiger partial charge in [-0.25, -0.2) is 9.97 Å². The summed E-state index contributed by atoms with van der Waals surface area (Å²) in [4.78, 5) is 21.2. The minimum absolute atomic E-state index is 0.255. The van der Waals surface area contributed by atoms with Crippen LogP contribution < -0.4 is 10.6 Å². The van der Waals surface area contributed by atoms with Gasteiger partial charge in [-0.2, -0.15) is 0 Å². The van der Waals surface area contributed by atoms with Crippen molar-refractivity contribution in [1.29, 1.82) is 0 Å². The minimum atomic E-state index is -0.255. The van der Waals surface area contributed by atoms with Crippen molar-refractivity contribution in [3.8, 4) is 0 Å². The first-order valence-corrected chi connectivity index (χ1v) is 9.16. The van der Waals surface area contributed by atoms with Gasteiger partial charge in [0.2, 0.25) is 5.95 Å². The Morgan fingerprint density at radius 1 is 1.04 bits per heavy atom. The molecule has 5 nitrogen and oxygen atoms in total. The maximum Gasteiger partial charge on any atom is 0.274 e. The van der Waals surface area contributed by atoms with Crippen LogP contribution in [0, 0.1) is 0 Å². The molecule has 0 spiro atoms. The van der Waals surface area contributed by atoms with E-state index in [0.29, 0.717) is 17.6 Å². The first-order chi connectivity index (χ1) is 13.1. The topological polar surface area (TPSA) is 66.9 Å². The summed E-state index contributed by atoms with van der Waals surface area (Å²) in [6, 6.07) is 17.5. The first-order valence-electron chi connectivity index (χ1n) is 9.16. The molecule has 3 rings (SSSR count). The molecule has 1 aromatic heterocycles. The molecular weight excluding hydrogens is 336 g/mol. The third-order valence-corrected chi connectivity index (χ3v) is 4.34. The summed E-state index contributed by atoms with van der Waals surface area (Å²) >= 11 is 0. The van der Waals surface area contributed by atoms with Gasteiger partial charge in [-0.1, -0.05) is 51.1 Å². The average molecular weight is 360 g/mol. The largest absolute Gasteiger partial charge is 0.324 e. The molecule has 0 aliphatic heterocycles. The van der Waals surface area contributed by atoms with E-state index in [-0.39, 0.29) is 5.91 Å². The third-order valence-electron chi connectivity index (χ3n) is 4.34. The lowest BCUT2D eigenvalue weighted by Gasteiger charge is -2.13. The maximum absolute atomic E-state index is 12.6. The molecule has 0 fully saturated rings. The number of nitrogens with one attached hydrogen (secondary N) is 2. The number of nitrogens with zero attached hydrogens (tertiary/aromatic N) is 2. The monoisotopic (exact) mass is 360 g/mol. The van der Waals surface area contributed by atoms with Crippen LogP contribution in [-0.2, 0) is 6.42 Å². The van der Waals surface area contributed by atoms with E-state index in [1.165, 1.54) is 5.56 Å². The molecule has 3 aromatic rings. The molecule has 0 unspecified atom stereocenters. The van der Waals surface area contributed by atoms with Crippen LogP contribution in [0.15, 0.2) is 60.8 Å². The second-order valence-electron chi connectivity index (χ2n) is 6.64. The van der Waals surface area contributed by atoms with Gasteiger partial charge >= 0.3 is 0 Å². The molecule has 1 heterocycles. The molecule has 0 bridgehead atoms. The molecule has 2 N–H and O–H groups in total. The Kier molecular flexibility index (Phi) is 5.81. The fourth-order valence-corrected chi connectivity index (χ4v) is 2.80. The van der Waals surface area contributed by atoms with Crippen molar-refractivity contribution in [1.82, 2.24) is 9.97 Å². The number of amides is 1. The second-order valence-corrected chi connectivity index (χ2v) is 6.64. The highest BCUT2D eigenvalue weighted by Crippen LogP contribution is 2.24. The van der Waals surface area contributed by atoms with E-state index < -0.39 is 0 Å². The zero-order valence-electron chi connectivity index (χ0n) is 15.9. The standard InChI is InChI=1S/C22H24N4O/c1-4-16-9-11-17(12-10-16)24-22-23-14-13-20(26-22)21(27)25-19-8-6-5-7-18(19)15(2)3/h5-15H,4H2,1-3H3,(H,25,27)(H,23,24,26). The van der Waals surface area contributed by atoms with E-state index in [9.17, 15) is 4.79 Å². The van der Waals surface area contributed by atoms with Crippen LogP contribution in [-0.4, -0.2) is 15.9 Å². The van der Waals surface area contributed by atoms with Gasteiger partial charge in [-0.3, -0.25) is 4.79 Å². The minimum Gasteiger partial charge on any atom is -0.324 e. The summed E-state index contributed by atoms with van der Waals surface area (Å²) in [6.45, 7) is 6.31. The van der Waals surface area contributed by atoms with Gasteiger partial charge in [0.05, 0.1) is 0 Å². The number of carbonyl (C=O) groups is 1. The van der Waals surface area contributed by atoms with Crippen LogP contribution in [0.25, 0.3) is 0 Å². The van der Waals surface area contributed by atoms with Crippen molar-refractivity contribution in [2.75, 3.05) is 10.6 Å². The number of carbonyl (C=O) groups excluding carboxylic acids is 1. The smallest absolute Gasteiger partial charge is 0.274 e. The van der Waals surface area contributed by atoms with Crippen molar-refractivity contribution in [3.05, 3.63) is 77.6 Å². The van der Waals surface area contributed by atoms with Gasteiger partial charge in [-0.15, -0.1) is 0 Å². The van der Waals surface area contributed by atoms with Crippen molar-refractivity contribution in [3.63, 3.8) is 0 Å². The molecule has 0 radical (unpaired) electrons. The molecule has 0 saturated heterocycles. The van der Waals surface area contributed by atoms with E-state index >= 15 is 0 Å². The third kappa shape index (κ3) is 4.70. The number of para-hydroxylation sites is 1. The van der Waals surface area contributed by atoms with E-state index in [4.69, 9.17) is 0 Å². The molecular formula is C22H24N4O. The maximum atomic E-state index is 12.6. The van der Waals surface area contributed by atoms with Crippen LogP contribution >= 0.6 is 0 Å². The van der Waals surface area contributed by atoms with E-state index in [1.807, 2.05) is 36.4 Å². The number of benzene rings is 2. The number of rotatable bonds is 6. The Balaban J connectivity index is 1.75. The quantitative estimate of drug-likeness (QED) is 0.637. The highest BCUT2D eigenvalue weighted by atomic mass is 16.1. The van der Waals surface area contributed by atoms with Crippen molar-refractivity contribution >= 4 is 23.2 Å². The van der Waals surface area contributed by atoms with Crippen LogP contribution in [0.4, 0.5) is 17.3 Å². The van der Waals surface area contributed by atoms with Gasteiger partial charge in [0.25, 0.3) is 5.91 Å². The van der Waals surface area contributed by atoms with Gasteiger partial charge in [0, 0.05) is 17.6 Å². The Labute approximate surface area is 159 Å². The molecule has 0 aliphatic rings. The van der Waals surface area contributed by atoms with Crippen molar-refractivity contribution < 1.29 is 4.79 Å². The number of hydrogen-bond acceptors (Lipinski definition) is 4. The molecule has 5 heteroatoms. The molecule has 0 saturated carbocycles. The van der Waals surface area contributed by atoms with Crippen molar-refractivity contribution in [2.45, 2.75) is 33.1 Å². The number of aryl methyl sites for hydroxylation is 1. The van der Waals surface area contributed by atoms with E-state index in [1.54, 1.807) is 12.3 Å². The van der Waals surface area contributed by atoms with Gasteiger partial charge < -0.3 is 10.6 Å². The van der Waals surface area contributed by atoms with Crippen LogP contribution in [0.2, 0.25) is 0 Å². The predicted octanol–water partition coefficient (Wildman–Crippen LogP) is 5.16. The average Bonchev–Trinajstić information content (AvgIpc) is 2.69. The highest BCUT2D eigenvalue weighted by Gasteiger charge is 2.13. The van der Waals surface area contributed by atoms with Crippen molar-refractivity contribution in [2.24, 2.45) is 0 Å². The SMILES string of the molecule is CCc1ccc(Nc2nccc(C(=O)Nc3ccccc3C(C)C)n2)cc1. The van der Waals surface area contributed by atoms with E-state index in [0.717, 1.165) is 23.4 Å². The Morgan fingerprint density at radius 3 is 2.48 bits per heavy atom. The molecule has 27 heavy (non-hydrogen) atoms. The number of anilines is 3. The molecule has 138 valence electrons. The lowest BCUT2D eigenvalue weighted by Crippen LogP contribution is -2.16. The lowest BCUT2D eigenvalue weighted by molar-refractivity contribution is 0.102. The number of hydrogen-bond donors (Lipinski definition) is 2. The normalized spacial score (nSPS) is 10.7. The Hall–Kier alpha value is -3.21. The van der Waals surface area contributed by atoms with Crippen LogP contribution in [0.5, 0.6) is 0 Å². The zero-order valence-corrected chi connectivity index (χ0v) is 15.9. The van der Waals surface area contributed by atoms with Crippen LogP contribution in [0.3, 0.4) is 0 Å². The Morgan fingerprint density at radius 2 is 1.78 bits per heavy atom. The molecule has 2 aromatic carbocycles. The summed E-state index contributed by atoms with van der Waals surface area (Å²) in [5.41, 5.74) is 4.36. The second kappa shape index (κ2) is 8.45. The predicted molar refractivity (Wildman–Crippen MR) is 110 cm³/mol. The van der Waals surface area contributed by atoms with Crippen LogP contribution in [0.1, 0.15) is 48.3 Å². The van der Waals surface area contributed by atoms with Gasteiger partial charge in [-0.05, 0) is 47.7 Å². The summed E-state index contributed by atoms with van der Waals surface area (Å²) in [7, 11) is 0. The molecule has 1 amide bonds. The summed E-state index contributed by atoms with van der Waals surface area (Å²) in [5.74, 6) is 0.453. The lowest BCUT2D eigenvalue weighted by atomic mass is 10.0. The summed E-state index contributed by atoms with van der Waals surface area (Å²) in [5, 5.41) is 6.10. The Bertz CT molecular complexity index is 920. The van der Waals surface area contributed by atoms with Gasteiger partial charge in [0.15, 0.2) is 0 Å². The summed E-state index contributed by atoms with van der Waals surface area (Å²) < 4.78 is 0. The fourth-order valence-electron chi connectivity index (χ4n) is 2.80. The summed E-state index contributed by atoms with van der Waals surface area (Å²) in [6.07, 6.45) is 2.57. The van der Waals surface area contributed by atoms with E-state index in [2.05, 4.69) is 53.5 Å². The first kappa shape index (κ1) is 18.6. The molecule has 0 aliphatic carbocycles. The van der Waals surface area contributed by atoms with Gasteiger partial charge in [0.1, 0.15) is 5.69 Å². The highest BCUT2D eigenvalue weighted by molar-refractivity contribution is 6.03. The fraction of sp³-hybridized carbons (Fsp3) is 0.227. The zero-order chi connectivity index (χ0) is 19.2.